The van der Waals surface area contributed by atoms with Crippen LogP contribution in [0.1, 0.15) is 30.2 Å². The van der Waals surface area contributed by atoms with Gasteiger partial charge < -0.3 is 15.6 Å². The van der Waals surface area contributed by atoms with Gasteiger partial charge in [0.05, 0.1) is 5.92 Å². The van der Waals surface area contributed by atoms with Crippen LogP contribution in [-0.2, 0) is 6.54 Å². The Balaban J connectivity index is 0.00000110. The van der Waals surface area contributed by atoms with E-state index in [1.54, 1.807) is 0 Å². The molecular weight excluding hydrogens is 311 g/mol. The monoisotopic (exact) mass is 330 g/mol. The predicted molar refractivity (Wildman–Crippen MR) is 87.0 cm³/mol. The molecule has 0 radical (unpaired) electrons. The lowest BCUT2D eigenvalue weighted by atomic mass is 10.00. The van der Waals surface area contributed by atoms with Crippen LogP contribution in [0.5, 0.6) is 0 Å². The van der Waals surface area contributed by atoms with E-state index in [0.29, 0.717) is 18.3 Å². The summed E-state index contributed by atoms with van der Waals surface area (Å²) >= 11 is 0. The van der Waals surface area contributed by atoms with Gasteiger partial charge in [0.25, 0.3) is 0 Å². The van der Waals surface area contributed by atoms with Crippen molar-refractivity contribution in [1.82, 2.24) is 15.5 Å². The molecule has 0 bridgehead atoms. The maximum absolute atomic E-state index is 5.58. The van der Waals surface area contributed by atoms with E-state index in [9.17, 15) is 0 Å². The Kier molecular flexibility index (Phi) is 7.11. The first-order valence-electron chi connectivity index (χ1n) is 6.70. The van der Waals surface area contributed by atoms with Crippen LogP contribution in [0.25, 0.3) is 11.4 Å². The molecule has 5 nitrogen and oxygen atoms in total. The molecule has 2 heterocycles. The number of nitrogens with zero attached hydrogens (tertiary/aromatic N) is 2. The van der Waals surface area contributed by atoms with E-state index in [-0.39, 0.29) is 24.8 Å². The Hall–Kier alpha value is -1.14. The van der Waals surface area contributed by atoms with Crippen LogP contribution in [0.2, 0.25) is 0 Å². The highest BCUT2D eigenvalue weighted by atomic mass is 35.5. The van der Waals surface area contributed by atoms with Gasteiger partial charge in [-0.2, -0.15) is 4.98 Å². The second-order valence-corrected chi connectivity index (χ2v) is 4.90. The highest BCUT2D eigenvalue weighted by Gasteiger charge is 2.21. The molecule has 1 atom stereocenters. The number of nitrogens with one attached hydrogen (secondary N) is 1. The summed E-state index contributed by atoms with van der Waals surface area (Å²) in [6, 6.07) is 7.95. The molecule has 0 amide bonds. The molecule has 1 aliphatic rings. The zero-order valence-electron chi connectivity index (χ0n) is 11.6. The van der Waals surface area contributed by atoms with Gasteiger partial charge in [-0.3, -0.25) is 0 Å². The average Bonchev–Trinajstić information content (AvgIpc) is 2.98. The van der Waals surface area contributed by atoms with Crippen LogP contribution in [0.15, 0.2) is 28.8 Å². The number of hydrogen-bond acceptors (Lipinski definition) is 5. The molecule has 7 heteroatoms. The van der Waals surface area contributed by atoms with E-state index in [0.717, 1.165) is 42.9 Å². The molecule has 1 saturated heterocycles. The molecule has 21 heavy (non-hydrogen) atoms. The first-order valence-corrected chi connectivity index (χ1v) is 6.70. The van der Waals surface area contributed by atoms with Crippen molar-refractivity contribution in [3.63, 3.8) is 0 Å². The van der Waals surface area contributed by atoms with Crippen molar-refractivity contribution in [2.45, 2.75) is 25.3 Å². The summed E-state index contributed by atoms with van der Waals surface area (Å²) in [6.45, 7) is 2.55. The second-order valence-electron chi connectivity index (χ2n) is 4.90. The zero-order valence-corrected chi connectivity index (χ0v) is 13.3. The first-order chi connectivity index (χ1) is 9.36. The van der Waals surface area contributed by atoms with Crippen molar-refractivity contribution in [1.29, 1.82) is 0 Å². The summed E-state index contributed by atoms with van der Waals surface area (Å²) in [5.41, 5.74) is 7.65. The average molecular weight is 331 g/mol. The van der Waals surface area contributed by atoms with Crippen molar-refractivity contribution in [2.75, 3.05) is 13.1 Å². The van der Waals surface area contributed by atoms with Gasteiger partial charge in [-0.05, 0) is 24.9 Å². The van der Waals surface area contributed by atoms with Crippen LogP contribution < -0.4 is 11.1 Å². The van der Waals surface area contributed by atoms with Gasteiger partial charge in [-0.15, -0.1) is 24.8 Å². The molecule has 1 aromatic heterocycles. The Labute approximate surface area is 136 Å². The van der Waals surface area contributed by atoms with E-state index >= 15 is 0 Å². The van der Waals surface area contributed by atoms with Crippen molar-refractivity contribution < 1.29 is 4.52 Å². The highest BCUT2D eigenvalue weighted by Crippen LogP contribution is 2.24. The van der Waals surface area contributed by atoms with Gasteiger partial charge in [0, 0.05) is 18.7 Å². The molecule has 0 spiro atoms. The Morgan fingerprint density at radius 3 is 2.62 bits per heavy atom. The van der Waals surface area contributed by atoms with E-state index in [4.69, 9.17) is 10.3 Å². The summed E-state index contributed by atoms with van der Waals surface area (Å²) in [5, 5.41) is 7.43. The lowest BCUT2D eigenvalue weighted by Crippen LogP contribution is -2.28. The molecule has 3 N–H and O–H groups in total. The summed E-state index contributed by atoms with van der Waals surface area (Å²) in [7, 11) is 0. The summed E-state index contributed by atoms with van der Waals surface area (Å²) in [6.07, 6.45) is 2.27. The van der Waals surface area contributed by atoms with E-state index in [1.165, 1.54) is 0 Å². The van der Waals surface area contributed by atoms with Crippen molar-refractivity contribution >= 4 is 24.8 Å². The topological polar surface area (TPSA) is 77.0 Å². The lowest BCUT2D eigenvalue weighted by Gasteiger charge is -2.18. The van der Waals surface area contributed by atoms with E-state index in [1.807, 2.05) is 24.3 Å². The Morgan fingerprint density at radius 1 is 1.24 bits per heavy atom. The normalized spacial score (nSPS) is 17.7. The molecule has 0 saturated carbocycles. The summed E-state index contributed by atoms with van der Waals surface area (Å²) in [5.74, 6) is 1.74. The molecule has 116 valence electrons. The quantitative estimate of drug-likeness (QED) is 0.904. The largest absolute Gasteiger partial charge is 0.339 e. The van der Waals surface area contributed by atoms with Crippen molar-refractivity contribution in [2.24, 2.45) is 5.73 Å². The molecule has 2 aromatic rings. The van der Waals surface area contributed by atoms with Crippen LogP contribution >= 0.6 is 24.8 Å². The smallest absolute Gasteiger partial charge is 0.231 e. The predicted octanol–water partition coefficient (Wildman–Crippen LogP) is 2.51. The fourth-order valence-electron chi connectivity index (χ4n) is 2.37. The number of benzene rings is 1. The number of halogens is 2. The molecule has 1 aliphatic heterocycles. The van der Waals surface area contributed by atoms with Gasteiger partial charge in [0.15, 0.2) is 0 Å². The van der Waals surface area contributed by atoms with Crippen LogP contribution in [0, 0.1) is 0 Å². The standard InChI is InChI=1S/C14H18N4O.2ClH/c15-8-10-3-5-11(6-4-10)13-17-14(19-18-13)12-2-1-7-16-9-12;;/h3-6,12,16H,1-2,7-9,15H2;2*1H. The van der Waals surface area contributed by atoms with Crippen LogP contribution in [0.4, 0.5) is 0 Å². The minimum Gasteiger partial charge on any atom is -0.339 e. The van der Waals surface area contributed by atoms with Gasteiger partial charge in [0.1, 0.15) is 0 Å². The first kappa shape index (κ1) is 17.9. The Morgan fingerprint density at radius 2 is 2.00 bits per heavy atom. The van der Waals surface area contributed by atoms with Gasteiger partial charge in [-0.25, -0.2) is 0 Å². The molecule has 1 fully saturated rings. The van der Waals surface area contributed by atoms with Gasteiger partial charge >= 0.3 is 0 Å². The third-order valence-electron chi connectivity index (χ3n) is 3.54. The molecule has 3 rings (SSSR count). The number of piperidine rings is 1. The minimum atomic E-state index is 0. The maximum Gasteiger partial charge on any atom is 0.231 e. The molecule has 1 unspecified atom stereocenters. The van der Waals surface area contributed by atoms with Crippen LogP contribution in [-0.4, -0.2) is 23.2 Å². The third-order valence-corrected chi connectivity index (χ3v) is 3.54. The number of hydrogen-bond donors (Lipinski definition) is 2. The second kappa shape index (κ2) is 8.34. The summed E-state index contributed by atoms with van der Waals surface area (Å²) < 4.78 is 5.39. The fourth-order valence-corrected chi connectivity index (χ4v) is 2.37. The molecule has 1 aromatic carbocycles. The van der Waals surface area contributed by atoms with Crippen molar-refractivity contribution in [3.05, 3.63) is 35.7 Å². The van der Waals surface area contributed by atoms with E-state index in [2.05, 4.69) is 15.5 Å². The van der Waals surface area contributed by atoms with Crippen LogP contribution in [0.3, 0.4) is 0 Å². The third kappa shape index (κ3) is 4.17. The maximum atomic E-state index is 5.58. The van der Waals surface area contributed by atoms with Gasteiger partial charge in [0.2, 0.25) is 11.7 Å². The number of rotatable bonds is 3. The lowest BCUT2D eigenvalue weighted by molar-refractivity contribution is 0.322. The van der Waals surface area contributed by atoms with E-state index < -0.39 is 0 Å². The molecule has 0 aliphatic carbocycles. The van der Waals surface area contributed by atoms with Gasteiger partial charge in [-0.1, -0.05) is 29.4 Å². The Bertz CT molecular complexity index is 538. The number of aromatic nitrogens is 2. The summed E-state index contributed by atoms with van der Waals surface area (Å²) in [4.78, 5) is 4.51. The SMILES string of the molecule is Cl.Cl.NCc1ccc(-c2noc(C3CCCNC3)n2)cc1. The molecular formula is C14H20Cl2N4O. The number of nitrogens with two attached hydrogens (primary N) is 1. The van der Waals surface area contributed by atoms with Crippen molar-refractivity contribution in [3.8, 4) is 11.4 Å². The highest BCUT2D eigenvalue weighted by molar-refractivity contribution is 5.85. The fraction of sp³-hybridized carbons (Fsp3) is 0.429. The zero-order chi connectivity index (χ0) is 13.1. The minimum absolute atomic E-state index is 0.